The topological polar surface area (TPSA) is 58.4 Å². The van der Waals surface area contributed by atoms with Crippen LogP contribution in [0.4, 0.5) is 0 Å². The normalized spacial score (nSPS) is 28.2. The largest absolute Gasteiger partial charge is 0.355 e. The molecule has 4 heteroatoms. The van der Waals surface area contributed by atoms with E-state index in [1.165, 1.54) is 32.1 Å². The number of nitrogens with one attached hydrogen (secondary N) is 1. The molecule has 1 aliphatic carbocycles. The second-order valence-electron chi connectivity index (χ2n) is 7.40. The molecular formula is C16H31N3O. The highest BCUT2D eigenvalue weighted by Gasteiger charge is 2.33. The average molecular weight is 281 g/mol. The maximum absolute atomic E-state index is 12.1. The fourth-order valence-corrected chi connectivity index (χ4v) is 3.53. The van der Waals surface area contributed by atoms with Crippen LogP contribution >= 0.6 is 0 Å². The summed E-state index contributed by atoms with van der Waals surface area (Å²) in [7, 11) is 0. The first-order valence-electron chi connectivity index (χ1n) is 8.22. The van der Waals surface area contributed by atoms with E-state index in [2.05, 4.69) is 24.1 Å². The summed E-state index contributed by atoms with van der Waals surface area (Å²) in [4.78, 5) is 14.3. The van der Waals surface area contributed by atoms with Crippen LogP contribution in [0.3, 0.4) is 0 Å². The number of piperidine rings is 1. The highest BCUT2D eigenvalue weighted by Crippen LogP contribution is 2.27. The molecule has 2 rings (SSSR count). The van der Waals surface area contributed by atoms with Gasteiger partial charge < -0.3 is 11.1 Å². The van der Waals surface area contributed by atoms with E-state index in [4.69, 9.17) is 5.73 Å². The second-order valence-corrected chi connectivity index (χ2v) is 7.40. The molecule has 1 atom stereocenters. The number of hydrogen-bond donors (Lipinski definition) is 2. The maximum Gasteiger partial charge on any atom is 0.234 e. The zero-order valence-electron chi connectivity index (χ0n) is 13.2. The van der Waals surface area contributed by atoms with E-state index in [9.17, 15) is 4.79 Å². The van der Waals surface area contributed by atoms with Crippen molar-refractivity contribution in [2.45, 2.75) is 58.4 Å². The van der Waals surface area contributed by atoms with Crippen LogP contribution in [-0.2, 0) is 4.79 Å². The first-order valence-corrected chi connectivity index (χ1v) is 8.22. The summed E-state index contributed by atoms with van der Waals surface area (Å²) in [6.07, 6.45) is 7.59. The predicted octanol–water partition coefficient (Wildman–Crippen LogP) is 1.74. The average Bonchev–Trinajstić information content (AvgIpc) is 2.41. The van der Waals surface area contributed by atoms with Crippen molar-refractivity contribution in [2.24, 2.45) is 17.1 Å². The summed E-state index contributed by atoms with van der Waals surface area (Å²) >= 11 is 0. The number of amides is 1. The minimum atomic E-state index is 0.113. The summed E-state index contributed by atoms with van der Waals surface area (Å²) in [5, 5.41) is 3.13. The molecule has 0 bridgehead atoms. The lowest BCUT2D eigenvalue weighted by Crippen LogP contribution is -2.54. The SMILES string of the molecule is CC1(C)CN(CC(=O)NCC2CCCCC2)CCC1N. The molecule has 1 heterocycles. The van der Waals surface area contributed by atoms with Gasteiger partial charge in [-0.1, -0.05) is 33.1 Å². The number of hydrogen-bond acceptors (Lipinski definition) is 3. The van der Waals surface area contributed by atoms with Gasteiger partial charge in [0.2, 0.25) is 5.91 Å². The minimum Gasteiger partial charge on any atom is -0.355 e. The molecule has 1 saturated carbocycles. The third-order valence-corrected chi connectivity index (χ3v) is 5.07. The van der Waals surface area contributed by atoms with Crippen LogP contribution < -0.4 is 11.1 Å². The highest BCUT2D eigenvalue weighted by atomic mass is 16.2. The Hall–Kier alpha value is -0.610. The first-order chi connectivity index (χ1) is 9.47. The third kappa shape index (κ3) is 4.45. The van der Waals surface area contributed by atoms with Crippen molar-refractivity contribution >= 4 is 5.91 Å². The van der Waals surface area contributed by atoms with E-state index in [1.54, 1.807) is 0 Å². The molecule has 1 aliphatic heterocycles. The van der Waals surface area contributed by atoms with Crippen molar-refractivity contribution in [3.8, 4) is 0 Å². The van der Waals surface area contributed by atoms with Gasteiger partial charge >= 0.3 is 0 Å². The number of likely N-dealkylation sites (tertiary alicyclic amines) is 1. The van der Waals surface area contributed by atoms with Crippen LogP contribution in [0, 0.1) is 11.3 Å². The molecule has 116 valence electrons. The summed E-state index contributed by atoms with van der Waals surface area (Å²) < 4.78 is 0. The van der Waals surface area contributed by atoms with Crippen molar-refractivity contribution in [3.63, 3.8) is 0 Å². The molecule has 2 aliphatic rings. The Labute approximate surface area is 123 Å². The highest BCUT2D eigenvalue weighted by molar-refractivity contribution is 5.78. The lowest BCUT2D eigenvalue weighted by Gasteiger charge is -2.42. The van der Waals surface area contributed by atoms with E-state index < -0.39 is 0 Å². The Balaban J connectivity index is 1.69. The minimum absolute atomic E-state index is 0.113. The van der Waals surface area contributed by atoms with Crippen molar-refractivity contribution in [1.29, 1.82) is 0 Å². The van der Waals surface area contributed by atoms with Gasteiger partial charge in [-0.15, -0.1) is 0 Å². The predicted molar refractivity (Wildman–Crippen MR) is 82.4 cm³/mol. The summed E-state index contributed by atoms with van der Waals surface area (Å²) in [6.45, 7) is 7.67. The van der Waals surface area contributed by atoms with Crippen LogP contribution in [0.25, 0.3) is 0 Å². The maximum atomic E-state index is 12.1. The van der Waals surface area contributed by atoms with Crippen molar-refractivity contribution in [1.82, 2.24) is 10.2 Å². The molecular weight excluding hydrogens is 250 g/mol. The van der Waals surface area contributed by atoms with Gasteiger partial charge in [-0.25, -0.2) is 0 Å². The van der Waals surface area contributed by atoms with Gasteiger partial charge in [-0.05, 0) is 30.6 Å². The fourth-order valence-electron chi connectivity index (χ4n) is 3.53. The second kappa shape index (κ2) is 6.90. The molecule has 3 N–H and O–H groups in total. The number of carbonyl (C=O) groups is 1. The molecule has 1 saturated heterocycles. The molecule has 0 aromatic heterocycles. The molecule has 20 heavy (non-hydrogen) atoms. The summed E-state index contributed by atoms with van der Waals surface area (Å²) in [5.41, 5.74) is 6.25. The number of carbonyl (C=O) groups excluding carboxylic acids is 1. The lowest BCUT2D eigenvalue weighted by atomic mass is 9.80. The zero-order valence-corrected chi connectivity index (χ0v) is 13.2. The Morgan fingerprint density at radius 2 is 1.95 bits per heavy atom. The van der Waals surface area contributed by atoms with Crippen LogP contribution in [-0.4, -0.2) is 43.0 Å². The van der Waals surface area contributed by atoms with Gasteiger partial charge in [0, 0.05) is 25.7 Å². The monoisotopic (exact) mass is 281 g/mol. The van der Waals surface area contributed by atoms with E-state index >= 15 is 0 Å². The van der Waals surface area contributed by atoms with Gasteiger partial charge in [-0.2, -0.15) is 0 Å². The van der Waals surface area contributed by atoms with Crippen LogP contribution in [0.5, 0.6) is 0 Å². The molecule has 1 unspecified atom stereocenters. The van der Waals surface area contributed by atoms with E-state index in [1.807, 2.05) is 0 Å². The van der Waals surface area contributed by atoms with E-state index in [0.717, 1.165) is 26.1 Å². The summed E-state index contributed by atoms with van der Waals surface area (Å²) in [5.74, 6) is 0.890. The molecule has 4 nitrogen and oxygen atoms in total. The van der Waals surface area contributed by atoms with Crippen LogP contribution in [0.1, 0.15) is 52.4 Å². The van der Waals surface area contributed by atoms with Crippen LogP contribution in [0.2, 0.25) is 0 Å². The zero-order chi connectivity index (χ0) is 14.6. The molecule has 0 aromatic carbocycles. The molecule has 1 amide bonds. The standard InChI is InChI=1S/C16H31N3O/c1-16(2)12-19(9-8-14(16)17)11-15(20)18-10-13-6-4-3-5-7-13/h13-14H,3-12,17H2,1-2H3,(H,18,20). The molecule has 0 aromatic rings. The Kier molecular flexibility index (Phi) is 5.44. The Morgan fingerprint density at radius 3 is 2.60 bits per heavy atom. The first kappa shape index (κ1) is 15.8. The lowest BCUT2D eigenvalue weighted by molar-refractivity contribution is -0.123. The van der Waals surface area contributed by atoms with Crippen molar-refractivity contribution < 1.29 is 4.79 Å². The van der Waals surface area contributed by atoms with Gasteiger partial charge in [0.05, 0.1) is 6.54 Å². The number of nitrogens with two attached hydrogens (primary N) is 1. The number of nitrogens with zero attached hydrogens (tertiary/aromatic N) is 1. The number of rotatable bonds is 4. The smallest absolute Gasteiger partial charge is 0.234 e. The third-order valence-electron chi connectivity index (χ3n) is 5.07. The van der Waals surface area contributed by atoms with E-state index in [-0.39, 0.29) is 17.4 Å². The van der Waals surface area contributed by atoms with Crippen molar-refractivity contribution in [3.05, 3.63) is 0 Å². The quantitative estimate of drug-likeness (QED) is 0.825. The van der Waals surface area contributed by atoms with Gasteiger partial charge in [0.15, 0.2) is 0 Å². The van der Waals surface area contributed by atoms with E-state index in [0.29, 0.717) is 12.5 Å². The molecule has 2 fully saturated rings. The Morgan fingerprint density at radius 1 is 1.25 bits per heavy atom. The molecule has 0 spiro atoms. The van der Waals surface area contributed by atoms with Crippen LogP contribution in [0.15, 0.2) is 0 Å². The van der Waals surface area contributed by atoms with Gasteiger partial charge in [0.25, 0.3) is 0 Å². The van der Waals surface area contributed by atoms with Gasteiger partial charge in [-0.3, -0.25) is 9.69 Å². The van der Waals surface area contributed by atoms with Crippen molar-refractivity contribution in [2.75, 3.05) is 26.2 Å². The fraction of sp³-hybridized carbons (Fsp3) is 0.938. The van der Waals surface area contributed by atoms with Gasteiger partial charge in [0.1, 0.15) is 0 Å². The molecule has 0 radical (unpaired) electrons. The summed E-state index contributed by atoms with van der Waals surface area (Å²) in [6, 6.07) is 0.254. The Bertz CT molecular complexity index is 324.